The van der Waals surface area contributed by atoms with Gasteiger partial charge in [0.25, 0.3) is 5.91 Å². The molecule has 2 N–H and O–H groups in total. The van der Waals surface area contributed by atoms with Crippen LogP contribution in [0.2, 0.25) is 0 Å². The third-order valence-corrected chi connectivity index (χ3v) is 6.34. The molecule has 0 bridgehead atoms. The molecule has 2 fully saturated rings. The van der Waals surface area contributed by atoms with Crippen LogP contribution >= 0.6 is 11.3 Å². The van der Waals surface area contributed by atoms with Crippen LogP contribution in [-0.2, 0) is 7.05 Å². The minimum absolute atomic E-state index is 0.108. The van der Waals surface area contributed by atoms with Crippen molar-refractivity contribution < 1.29 is 4.79 Å². The Hall–Kier alpha value is -1.73. The molecule has 2 aliphatic rings. The zero-order chi connectivity index (χ0) is 16.1. The predicted molar refractivity (Wildman–Crippen MR) is 89.1 cm³/mol. The molecule has 0 aromatic carbocycles. The second-order valence-electron chi connectivity index (χ2n) is 6.71. The highest BCUT2D eigenvalue weighted by molar-refractivity contribution is 7.17. The van der Waals surface area contributed by atoms with E-state index in [-0.39, 0.29) is 11.9 Å². The van der Waals surface area contributed by atoms with Gasteiger partial charge in [0.2, 0.25) is 0 Å². The summed E-state index contributed by atoms with van der Waals surface area (Å²) >= 11 is 1.46. The maximum absolute atomic E-state index is 12.9. The number of likely N-dealkylation sites (tertiary alicyclic amines) is 1. The molecule has 4 rings (SSSR count). The molecule has 3 unspecified atom stereocenters. The number of aryl methyl sites for hydroxylation is 2. The summed E-state index contributed by atoms with van der Waals surface area (Å²) in [5.74, 6) is 1.17. The van der Waals surface area contributed by atoms with Crippen molar-refractivity contribution in [2.45, 2.75) is 25.8 Å². The van der Waals surface area contributed by atoms with E-state index in [0.29, 0.717) is 11.8 Å². The van der Waals surface area contributed by atoms with Crippen LogP contribution in [0.5, 0.6) is 0 Å². The Labute approximate surface area is 139 Å². The number of thiazole rings is 1. The zero-order valence-corrected chi connectivity index (χ0v) is 14.2. The number of hydrogen-bond donors (Lipinski definition) is 1. The molecule has 1 amide bonds. The number of nitrogens with two attached hydrogens (primary N) is 1. The molecule has 122 valence electrons. The van der Waals surface area contributed by atoms with Crippen LogP contribution in [0.1, 0.15) is 28.2 Å². The second kappa shape index (κ2) is 5.42. The lowest BCUT2D eigenvalue weighted by atomic mass is 9.98. The van der Waals surface area contributed by atoms with Crippen LogP contribution in [0.15, 0.2) is 12.4 Å². The fraction of sp³-hybridized carbons (Fsp3) is 0.562. The number of carbonyl (C=O) groups excluding carboxylic acids is 1. The summed E-state index contributed by atoms with van der Waals surface area (Å²) in [5, 5.41) is 5.03. The number of amides is 1. The lowest BCUT2D eigenvalue weighted by Gasteiger charge is -2.18. The van der Waals surface area contributed by atoms with Crippen molar-refractivity contribution in [3.05, 3.63) is 23.0 Å². The van der Waals surface area contributed by atoms with Gasteiger partial charge in [0.15, 0.2) is 0 Å². The van der Waals surface area contributed by atoms with E-state index < -0.39 is 0 Å². The molecule has 2 aromatic rings. The first-order valence-corrected chi connectivity index (χ1v) is 8.86. The Kier molecular flexibility index (Phi) is 3.50. The van der Waals surface area contributed by atoms with Crippen LogP contribution in [0, 0.1) is 18.8 Å². The highest BCUT2D eigenvalue weighted by atomic mass is 32.1. The van der Waals surface area contributed by atoms with Gasteiger partial charge in [0, 0.05) is 37.9 Å². The van der Waals surface area contributed by atoms with E-state index in [1.54, 1.807) is 10.9 Å². The molecule has 0 radical (unpaired) electrons. The Bertz CT molecular complexity index is 751. The predicted octanol–water partition coefficient (Wildman–Crippen LogP) is 1.66. The lowest BCUT2D eigenvalue weighted by Crippen LogP contribution is -2.33. The van der Waals surface area contributed by atoms with Crippen molar-refractivity contribution in [1.29, 1.82) is 0 Å². The largest absolute Gasteiger partial charge is 0.337 e. The van der Waals surface area contributed by atoms with Gasteiger partial charge in [-0.15, -0.1) is 11.3 Å². The van der Waals surface area contributed by atoms with Crippen LogP contribution < -0.4 is 5.73 Å². The van der Waals surface area contributed by atoms with E-state index in [1.807, 2.05) is 25.1 Å². The van der Waals surface area contributed by atoms with Crippen molar-refractivity contribution in [1.82, 2.24) is 19.7 Å². The monoisotopic (exact) mass is 331 g/mol. The van der Waals surface area contributed by atoms with Gasteiger partial charge in [-0.3, -0.25) is 9.48 Å². The van der Waals surface area contributed by atoms with Crippen molar-refractivity contribution in [2.24, 2.45) is 24.6 Å². The third-order valence-electron chi connectivity index (χ3n) is 5.14. The average Bonchev–Trinajstić information content (AvgIpc) is 3.25. The Balaban J connectivity index is 1.56. The molecule has 23 heavy (non-hydrogen) atoms. The average molecular weight is 331 g/mol. The van der Waals surface area contributed by atoms with Crippen LogP contribution in [0.4, 0.5) is 0 Å². The minimum Gasteiger partial charge on any atom is -0.337 e. The first-order valence-electron chi connectivity index (χ1n) is 8.04. The summed E-state index contributed by atoms with van der Waals surface area (Å²) in [6, 6.07) is 0.256. The number of fused-ring (bicyclic) bond motifs is 1. The fourth-order valence-corrected chi connectivity index (χ4v) is 4.88. The Morgan fingerprint density at radius 1 is 1.39 bits per heavy atom. The Morgan fingerprint density at radius 3 is 2.91 bits per heavy atom. The van der Waals surface area contributed by atoms with E-state index in [9.17, 15) is 4.79 Å². The summed E-state index contributed by atoms with van der Waals surface area (Å²) in [7, 11) is 1.88. The molecule has 0 spiro atoms. The van der Waals surface area contributed by atoms with Crippen LogP contribution in [0.3, 0.4) is 0 Å². The third kappa shape index (κ3) is 2.48. The normalized spacial score (nSPS) is 26.7. The van der Waals surface area contributed by atoms with Gasteiger partial charge in [-0.05, 0) is 31.6 Å². The fourth-order valence-electron chi connectivity index (χ4n) is 3.87. The molecule has 2 aromatic heterocycles. The van der Waals surface area contributed by atoms with Gasteiger partial charge in [-0.1, -0.05) is 0 Å². The molecular weight excluding hydrogens is 310 g/mol. The topological polar surface area (TPSA) is 77.0 Å². The summed E-state index contributed by atoms with van der Waals surface area (Å²) < 4.78 is 1.75. The lowest BCUT2D eigenvalue weighted by molar-refractivity contribution is 0.0783. The molecule has 1 aliphatic carbocycles. The van der Waals surface area contributed by atoms with Gasteiger partial charge in [-0.25, -0.2) is 4.98 Å². The first kappa shape index (κ1) is 14.8. The molecular formula is C16H21N5OS. The number of carbonyl (C=O) groups is 1. The van der Waals surface area contributed by atoms with Crippen molar-refractivity contribution >= 4 is 17.2 Å². The van der Waals surface area contributed by atoms with Gasteiger partial charge in [0.1, 0.15) is 9.88 Å². The smallest absolute Gasteiger partial charge is 0.265 e. The minimum atomic E-state index is 0.108. The second-order valence-corrected chi connectivity index (χ2v) is 7.71. The van der Waals surface area contributed by atoms with E-state index >= 15 is 0 Å². The van der Waals surface area contributed by atoms with E-state index in [2.05, 4.69) is 10.1 Å². The number of hydrogen-bond acceptors (Lipinski definition) is 5. The van der Waals surface area contributed by atoms with Crippen molar-refractivity contribution in [3.8, 4) is 10.6 Å². The highest BCUT2D eigenvalue weighted by Crippen LogP contribution is 2.38. The summed E-state index contributed by atoms with van der Waals surface area (Å²) in [4.78, 5) is 20.2. The van der Waals surface area contributed by atoms with Gasteiger partial charge < -0.3 is 10.6 Å². The maximum atomic E-state index is 12.9. The van der Waals surface area contributed by atoms with E-state index in [4.69, 9.17) is 5.73 Å². The van der Waals surface area contributed by atoms with Gasteiger partial charge >= 0.3 is 0 Å². The van der Waals surface area contributed by atoms with Crippen molar-refractivity contribution in [2.75, 3.05) is 13.1 Å². The number of aromatic nitrogens is 3. The van der Waals surface area contributed by atoms with E-state index in [0.717, 1.165) is 47.1 Å². The van der Waals surface area contributed by atoms with Gasteiger partial charge in [0.05, 0.1) is 11.9 Å². The van der Waals surface area contributed by atoms with Crippen LogP contribution in [-0.4, -0.2) is 44.7 Å². The molecule has 1 aliphatic heterocycles. The summed E-state index contributed by atoms with van der Waals surface area (Å²) in [6.07, 6.45) is 5.96. The summed E-state index contributed by atoms with van der Waals surface area (Å²) in [5.41, 5.74) is 7.94. The molecule has 3 atom stereocenters. The van der Waals surface area contributed by atoms with E-state index in [1.165, 1.54) is 11.3 Å². The quantitative estimate of drug-likeness (QED) is 0.908. The number of nitrogens with zero attached hydrogens (tertiary/aromatic N) is 4. The molecule has 6 nitrogen and oxygen atoms in total. The van der Waals surface area contributed by atoms with Crippen LogP contribution in [0.25, 0.3) is 10.6 Å². The molecule has 7 heteroatoms. The highest BCUT2D eigenvalue weighted by Gasteiger charge is 2.43. The molecule has 1 saturated heterocycles. The number of rotatable bonds is 2. The molecule has 3 heterocycles. The maximum Gasteiger partial charge on any atom is 0.265 e. The standard InChI is InChI=1S/C16H21N5OS/c1-9-14(23-15(19-9)11-5-18-20(2)6-11)16(22)21-7-10-3-4-13(17)12(10)8-21/h5-6,10,12-13H,3-4,7-8,17H2,1-2H3. The van der Waals surface area contributed by atoms with Crippen molar-refractivity contribution in [3.63, 3.8) is 0 Å². The zero-order valence-electron chi connectivity index (χ0n) is 13.4. The molecule has 1 saturated carbocycles. The van der Waals surface area contributed by atoms with Gasteiger partial charge in [-0.2, -0.15) is 5.10 Å². The summed E-state index contributed by atoms with van der Waals surface area (Å²) in [6.45, 7) is 3.55. The Morgan fingerprint density at radius 2 is 2.22 bits per heavy atom. The SMILES string of the molecule is Cc1nc(-c2cnn(C)c2)sc1C(=O)N1CC2CCC(N)C2C1. The first-order chi connectivity index (χ1) is 11.0.